The summed E-state index contributed by atoms with van der Waals surface area (Å²) in [4.78, 5) is 11.1. The van der Waals surface area contributed by atoms with Gasteiger partial charge in [-0.1, -0.05) is 23.6 Å². The molecule has 0 aliphatic rings. The lowest BCUT2D eigenvalue weighted by atomic mass is 10.3. The molecule has 106 valence electrons. The second kappa shape index (κ2) is 6.84. The normalized spacial score (nSPS) is 11.2. The topological polar surface area (TPSA) is 127 Å². The zero-order chi connectivity index (χ0) is 14.5. The van der Waals surface area contributed by atoms with Crippen LogP contribution in [0, 0.1) is 0 Å². The summed E-state index contributed by atoms with van der Waals surface area (Å²) in [6.07, 6.45) is 0.969. The van der Waals surface area contributed by atoms with E-state index in [1.807, 2.05) is 0 Å². The van der Waals surface area contributed by atoms with Crippen LogP contribution in [0.3, 0.4) is 0 Å². The molecule has 0 spiro atoms. The first-order valence-electron chi connectivity index (χ1n) is 5.20. The van der Waals surface area contributed by atoms with E-state index in [4.69, 9.17) is 5.73 Å². The van der Waals surface area contributed by atoms with E-state index >= 15 is 0 Å². The number of hydrogen-bond acceptors (Lipinski definition) is 7. The van der Waals surface area contributed by atoms with Gasteiger partial charge in [-0.05, 0) is 12.8 Å². The van der Waals surface area contributed by atoms with E-state index < -0.39 is 10.0 Å². The highest BCUT2D eigenvalue weighted by molar-refractivity contribution is 7.91. The molecule has 1 aromatic heterocycles. The summed E-state index contributed by atoms with van der Waals surface area (Å²) in [5.74, 6) is -0.343. The van der Waals surface area contributed by atoms with Crippen molar-refractivity contribution in [3.63, 3.8) is 0 Å². The van der Waals surface area contributed by atoms with Gasteiger partial charge >= 0.3 is 0 Å². The molecule has 0 unspecified atom stereocenters. The monoisotopic (exact) mass is 323 g/mol. The van der Waals surface area contributed by atoms with Gasteiger partial charge in [0.2, 0.25) is 15.4 Å². The van der Waals surface area contributed by atoms with Crippen molar-refractivity contribution in [2.24, 2.45) is 5.73 Å². The molecule has 0 bridgehead atoms. The van der Waals surface area contributed by atoms with Gasteiger partial charge in [-0.2, -0.15) is 0 Å². The maximum Gasteiger partial charge on any atom is 0.269 e. The molecule has 4 N–H and O–H groups in total. The van der Waals surface area contributed by atoms with Crippen molar-refractivity contribution >= 4 is 49.6 Å². The first kappa shape index (κ1) is 15.9. The van der Waals surface area contributed by atoms with Gasteiger partial charge in [0.25, 0.3) is 10.0 Å². The summed E-state index contributed by atoms with van der Waals surface area (Å²) in [5.41, 5.74) is 5.30. The summed E-state index contributed by atoms with van der Waals surface area (Å²) in [5, 5.41) is 9.56. The van der Waals surface area contributed by atoms with Crippen LogP contribution in [0.5, 0.6) is 0 Å². The molecule has 1 rings (SSSR count). The van der Waals surface area contributed by atoms with Crippen LogP contribution in [0.2, 0.25) is 0 Å². The Morgan fingerprint density at radius 1 is 1.47 bits per heavy atom. The predicted octanol–water partition coefficient (Wildman–Crippen LogP) is -0.159. The largest absolute Gasteiger partial charge is 0.393 e. The Labute approximate surface area is 119 Å². The van der Waals surface area contributed by atoms with Gasteiger partial charge in [0, 0.05) is 13.5 Å². The maximum atomic E-state index is 11.8. The highest BCUT2D eigenvalue weighted by Gasteiger charge is 2.19. The number of nitrogens with two attached hydrogens (primary N) is 1. The van der Waals surface area contributed by atoms with Gasteiger partial charge in [0.05, 0.1) is 4.99 Å². The molecule has 0 aromatic carbocycles. The minimum absolute atomic E-state index is 0.135. The number of nitrogens with zero attached hydrogens (tertiary/aromatic N) is 2. The highest BCUT2D eigenvalue weighted by atomic mass is 32.2. The van der Waals surface area contributed by atoms with Crippen molar-refractivity contribution in [2.45, 2.75) is 24.1 Å². The van der Waals surface area contributed by atoms with Crippen LogP contribution < -0.4 is 15.8 Å². The average Bonchev–Trinajstić information content (AvgIpc) is 2.72. The molecular formula is C8H13N5O3S3. The number of carbonyl (C=O) groups excluding carboxylic acids is 1. The van der Waals surface area contributed by atoms with E-state index in [2.05, 4.69) is 32.5 Å². The smallest absolute Gasteiger partial charge is 0.269 e. The number of nitrogens with one attached hydrogen (secondary N) is 2. The molecule has 1 aromatic rings. The van der Waals surface area contributed by atoms with E-state index in [0.717, 1.165) is 11.3 Å². The Bertz CT molecular complexity index is 568. The van der Waals surface area contributed by atoms with Crippen molar-refractivity contribution in [3.8, 4) is 0 Å². The second-order valence-corrected chi connectivity index (χ2v) is 6.96. The molecule has 0 radical (unpaired) electrons. The maximum absolute atomic E-state index is 11.8. The molecule has 0 aliphatic carbocycles. The Balaban J connectivity index is 2.59. The Morgan fingerprint density at radius 3 is 2.74 bits per heavy atom. The number of amides is 1. The summed E-state index contributed by atoms with van der Waals surface area (Å²) in [6, 6.07) is 0. The highest BCUT2D eigenvalue weighted by Crippen LogP contribution is 2.19. The Kier molecular flexibility index (Phi) is 5.72. The first-order valence-corrected chi connectivity index (χ1v) is 7.91. The Morgan fingerprint density at radius 2 is 2.16 bits per heavy atom. The van der Waals surface area contributed by atoms with Crippen molar-refractivity contribution < 1.29 is 13.2 Å². The van der Waals surface area contributed by atoms with E-state index in [9.17, 15) is 13.2 Å². The molecule has 0 atom stereocenters. The number of rotatable bonds is 7. The molecule has 8 nitrogen and oxygen atoms in total. The van der Waals surface area contributed by atoms with E-state index in [0.29, 0.717) is 17.8 Å². The molecule has 0 fully saturated rings. The number of carbonyl (C=O) groups is 1. The van der Waals surface area contributed by atoms with Gasteiger partial charge in [0.15, 0.2) is 0 Å². The number of sulfonamides is 1. The molecule has 1 heterocycles. The molecule has 0 aliphatic heterocycles. The van der Waals surface area contributed by atoms with Gasteiger partial charge in [-0.3, -0.25) is 4.79 Å². The zero-order valence-electron chi connectivity index (χ0n) is 10.0. The van der Waals surface area contributed by atoms with E-state index in [1.165, 1.54) is 6.92 Å². The minimum Gasteiger partial charge on any atom is -0.393 e. The summed E-state index contributed by atoms with van der Waals surface area (Å²) >= 11 is 5.46. The van der Waals surface area contributed by atoms with Gasteiger partial charge in [0.1, 0.15) is 0 Å². The lowest BCUT2D eigenvalue weighted by Gasteiger charge is -2.02. The Hall–Kier alpha value is -1.17. The van der Waals surface area contributed by atoms with Crippen LogP contribution in [0.4, 0.5) is 5.13 Å². The fourth-order valence-corrected chi connectivity index (χ4v) is 3.26. The van der Waals surface area contributed by atoms with Crippen LogP contribution in [0.1, 0.15) is 19.8 Å². The lowest BCUT2D eigenvalue weighted by Crippen LogP contribution is -2.25. The van der Waals surface area contributed by atoms with Gasteiger partial charge in [-0.25, -0.2) is 13.1 Å². The van der Waals surface area contributed by atoms with E-state index in [-0.39, 0.29) is 21.9 Å². The van der Waals surface area contributed by atoms with Crippen molar-refractivity contribution in [1.82, 2.24) is 14.9 Å². The zero-order valence-corrected chi connectivity index (χ0v) is 12.5. The first-order chi connectivity index (χ1) is 8.81. The number of aromatic nitrogens is 2. The number of anilines is 1. The van der Waals surface area contributed by atoms with Crippen molar-refractivity contribution in [2.75, 3.05) is 11.9 Å². The van der Waals surface area contributed by atoms with Crippen LogP contribution in [0.15, 0.2) is 4.34 Å². The van der Waals surface area contributed by atoms with Crippen molar-refractivity contribution in [1.29, 1.82) is 0 Å². The number of hydrogen-bond donors (Lipinski definition) is 3. The van der Waals surface area contributed by atoms with Crippen molar-refractivity contribution in [3.05, 3.63) is 0 Å². The molecule has 11 heteroatoms. The van der Waals surface area contributed by atoms with Crippen LogP contribution in [-0.4, -0.2) is 36.1 Å². The second-order valence-electron chi connectivity index (χ2n) is 3.52. The van der Waals surface area contributed by atoms with Crippen LogP contribution in [-0.2, 0) is 14.8 Å². The van der Waals surface area contributed by atoms with Crippen LogP contribution >= 0.6 is 23.6 Å². The van der Waals surface area contributed by atoms with Gasteiger partial charge in [-0.15, -0.1) is 10.2 Å². The standard InChI is InChI=1S/C8H13N5O3S3/c1-5(14)11-7-12-13-8(18-7)19(15,16)10-4-2-3-6(9)17/h10H,2-4H2,1H3,(H2,9,17)(H,11,12,14). The van der Waals surface area contributed by atoms with Crippen LogP contribution in [0.25, 0.3) is 0 Å². The summed E-state index contributed by atoms with van der Waals surface area (Å²) in [6.45, 7) is 1.50. The quantitative estimate of drug-likeness (QED) is 0.361. The fourth-order valence-electron chi connectivity index (χ4n) is 1.05. The third-order valence-corrected chi connectivity index (χ3v) is 4.68. The summed E-state index contributed by atoms with van der Waals surface area (Å²) < 4.78 is 25.7. The third-order valence-electron chi connectivity index (χ3n) is 1.81. The molecule has 19 heavy (non-hydrogen) atoms. The molecule has 1 amide bonds. The predicted molar refractivity (Wildman–Crippen MR) is 75.4 cm³/mol. The third kappa shape index (κ3) is 5.55. The molecule has 0 saturated carbocycles. The SMILES string of the molecule is CC(=O)Nc1nnc(S(=O)(=O)NCCCC(N)=S)s1. The lowest BCUT2D eigenvalue weighted by molar-refractivity contribution is -0.114. The fraction of sp³-hybridized carbons (Fsp3) is 0.500. The van der Waals surface area contributed by atoms with Gasteiger partial charge < -0.3 is 11.1 Å². The molecule has 0 saturated heterocycles. The number of thiocarbonyl (C=S) groups is 1. The summed E-state index contributed by atoms with van der Waals surface area (Å²) in [7, 11) is -3.71. The van der Waals surface area contributed by atoms with E-state index in [1.54, 1.807) is 0 Å². The molecular weight excluding hydrogens is 310 g/mol. The minimum atomic E-state index is -3.71. The average molecular weight is 323 g/mol.